The van der Waals surface area contributed by atoms with Crippen molar-refractivity contribution in [2.45, 2.75) is 12.8 Å². The average molecular weight is 327 g/mol. The molecule has 0 spiro atoms. The summed E-state index contributed by atoms with van der Waals surface area (Å²) in [6.07, 6.45) is 9.49. The van der Waals surface area contributed by atoms with Crippen LogP contribution < -0.4 is 0 Å². The van der Waals surface area contributed by atoms with E-state index < -0.39 is 0 Å². The van der Waals surface area contributed by atoms with Crippen LogP contribution in [0.1, 0.15) is 24.1 Å². The van der Waals surface area contributed by atoms with Gasteiger partial charge in [0.2, 0.25) is 0 Å². The lowest BCUT2D eigenvalue weighted by molar-refractivity contribution is 0.826. The first-order chi connectivity index (χ1) is 9.78. The van der Waals surface area contributed by atoms with Gasteiger partial charge >= 0.3 is 0 Å². The van der Waals surface area contributed by atoms with Gasteiger partial charge in [-0.1, -0.05) is 28.1 Å². The van der Waals surface area contributed by atoms with Crippen LogP contribution in [0.5, 0.6) is 0 Å². The van der Waals surface area contributed by atoms with Crippen molar-refractivity contribution in [1.82, 2.24) is 14.8 Å². The Balaban J connectivity index is 2.05. The molecule has 2 aromatic rings. The molecule has 0 atom stereocenters. The van der Waals surface area contributed by atoms with E-state index >= 15 is 0 Å². The van der Waals surface area contributed by atoms with E-state index in [1.807, 2.05) is 6.07 Å². The summed E-state index contributed by atoms with van der Waals surface area (Å²) >= 11 is 3.51. The minimum absolute atomic E-state index is 0.580. The number of rotatable bonds is 2. The second-order valence-electron chi connectivity index (χ2n) is 4.45. The van der Waals surface area contributed by atoms with Gasteiger partial charge in [-0.15, -0.1) is 0 Å². The molecule has 0 aliphatic heterocycles. The van der Waals surface area contributed by atoms with Gasteiger partial charge in [-0.05, 0) is 35.0 Å². The van der Waals surface area contributed by atoms with Gasteiger partial charge in [-0.2, -0.15) is 10.4 Å². The Morgan fingerprint density at radius 3 is 2.85 bits per heavy atom. The lowest BCUT2D eigenvalue weighted by Gasteiger charge is -2.13. The highest BCUT2D eigenvalue weighted by atomic mass is 79.9. The summed E-state index contributed by atoms with van der Waals surface area (Å²) in [7, 11) is 0. The molecule has 4 nitrogen and oxygen atoms in total. The maximum absolute atomic E-state index is 8.97. The van der Waals surface area contributed by atoms with Gasteiger partial charge in [0.05, 0.1) is 23.5 Å². The summed E-state index contributed by atoms with van der Waals surface area (Å²) in [6.45, 7) is 0. The number of pyridine rings is 1. The SMILES string of the molecule is N#Cc1ccnc(-n2nccc2C2=CC=C(Br)CC2)c1. The van der Waals surface area contributed by atoms with E-state index in [9.17, 15) is 0 Å². The smallest absolute Gasteiger partial charge is 0.155 e. The van der Waals surface area contributed by atoms with Crippen LogP contribution in [0.15, 0.2) is 47.2 Å². The molecule has 0 aromatic carbocycles. The summed E-state index contributed by atoms with van der Waals surface area (Å²) < 4.78 is 2.98. The Labute approximate surface area is 125 Å². The van der Waals surface area contributed by atoms with Crippen molar-refractivity contribution in [1.29, 1.82) is 5.26 Å². The van der Waals surface area contributed by atoms with Gasteiger partial charge in [-0.25, -0.2) is 9.67 Å². The van der Waals surface area contributed by atoms with Crippen LogP contribution in [0.3, 0.4) is 0 Å². The lowest BCUT2D eigenvalue weighted by Crippen LogP contribution is -2.05. The number of halogens is 1. The van der Waals surface area contributed by atoms with Gasteiger partial charge in [-0.3, -0.25) is 0 Å². The topological polar surface area (TPSA) is 54.5 Å². The molecule has 2 aromatic heterocycles. The molecule has 1 aliphatic rings. The fourth-order valence-electron chi connectivity index (χ4n) is 2.16. The summed E-state index contributed by atoms with van der Waals surface area (Å²) in [5.41, 5.74) is 2.82. The Kier molecular flexibility index (Phi) is 3.48. The van der Waals surface area contributed by atoms with E-state index in [4.69, 9.17) is 5.26 Å². The molecule has 0 amide bonds. The molecule has 0 saturated carbocycles. The van der Waals surface area contributed by atoms with Crippen molar-refractivity contribution in [3.8, 4) is 11.9 Å². The van der Waals surface area contributed by atoms with E-state index in [1.54, 1.807) is 29.2 Å². The second kappa shape index (κ2) is 5.43. The third-order valence-corrected chi connectivity index (χ3v) is 3.82. The Hall–Kier alpha value is -2.19. The Morgan fingerprint density at radius 1 is 1.20 bits per heavy atom. The van der Waals surface area contributed by atoms with Crippen LogP contribution in [0, 0.1) is 11.3 Å². The zero-order valence-corrected chi connectivity index (χ0v) is 12.2. The molecular weight excluding hydrogens is 316 g/mol. The molecule has 3 rings (SSSR count). The molecule has 0 N–H and O–H groups in total. The van der Waals surface area contributed by atoms with Crippen molar-refractivity contribution in [2.75, 3.05) is 0 Å². The lowest BCUT2D eigenvalue weighted by atomic mass is 10.0. The molecular formula is C15H11BrN4. The summed E-state index contributed by atoms with van der Waals surface area (Å²) in [5, 5.41) is 13.3. The van der Waals surface area contributed by atoms with Crippen LogP contribution in [-0.2, 0) is 0 Å². The Bertz CT molecular complexity index is 749. The summed E-state index contributed by atoms with van der Waals surface area (Å²) in [5.74, 6) is 0.665. The zero-order chi connectivity index (χ0) is 13.9. The zero-order valence-electron chi connectivity index (χ0n) is 10.6. The van der Waals surface area contributed by atoms with Crippen molar-refractivity contribution in [2.24, 2.45) is 0 Å². The normalized spacial score (nSPS) is 14.4. The summed E-state index contributed by atoms with van der Waals surface area (Å²) in [6, 6.07) is 7.52. The van der Waals surface area contributed by atoms with Crippen molar-refractivity contribution < 1.29 is 0 Å². The van der Waals surface area contributed by atoms with Crippen LogP contribution in [0.2, 0.25) is 0 Å². The van der Waals surface area contributed by atoms with Crippen LogP contribution in [0.4, 0.5) is 0 Å². The van der Waals surface area contributed by atoms with Crippen LogP contribution >= 0.6 is 15.9 Å². The number of allylic oxidation sites excluding steroid dienone is 4. The number of aromatic nitrogens is 3. The fraction of sp³-hybridized carbons (Fsp3) is 0.133. The van der Waals surface area contributed by atoms with Gasteiger partial charge in [0, 0.05) is 12.3 Å². The van der Waals surface area contributed by atoms with E-state index in [0.29, 0.717) is 11.4 Å². The molecule has 98 valence electrons. The highest BCUT2D eigenvalue weighted by Crippen LogP contribution is 2.29. The van der Waals surface area contributed by atoms with Crippen molar-refractivity contribution in [3.63, 3.8) is 0 Å². The molecule has 1 aliphatic carbocycles. The van der Waals surface area contributed by atoms with Crippen LogP contribution in [0.25, 0.3) is 11.4 Å². The van der Waals surface area contributed by atoms with Crippen molar-refractivity contribution >= 4 is 21.5 Å². The molecule has 0 fully saturated rings. The third kappa shape index (κ3) is 2.43. The molecule has 5 heteroatoms. The van der Waals surface area contributed by atoms with Gasteiger partial charge in [0.25, 0.3) is 0 Å². The van der Waals surface area contributed by atoms with E-state index in [1.165, 1.54) is 10.1 Å². The first kappa shape index (κ1) is 12.8. The molecule has 0 unspecified atom stereocenters. The summed E-state index contributed by atoms with van der Waals surface area (Å²) in [4.78, 5) is 4.30. The Morgan fingerprint density at radius 2 is 2.10 bits per heavy atom. The number of nitrogens with zero attached hydrogens (tertiary/aromatic N) is 4. The number of nitriles is 1. The molecule has 20 heavy (non-hydrogen) atoms. The fourth-order valence-corrected chi connectivity index (χ4v) is 2.49. The molecule has 2 heterocycles. The highest BCUT2D eigenvalue weighted by Gasteiger charge is 2.13. The van der Waals surface area contributed by atoms with Gasteiger partial charge < -0.3 is 0 Å². The number of hydrogen-bond acceptors (Lipinski definition) is 3. The first-order valence-corrected chi connectivity index (χ1v) is 7.03. The number of hydrogen-bond donors (Lipinski definition) is 0. The molecule has 0 saturated heterocycles. The monoisotopic (exact) mass is 326 g/mol. The predicted octanol–water partition coefficient (Wildman–Crippen LogP) is 3.59. The van der Waals surface area contributed by atoms with E-state index in [2.05, 4.69) is 44.2 Å². The van der Waals surface area contributed by atoms with E-state index in [0.717, 1.165) is 18.5 Å². The van der Waals surface area contributed by atoms with Crippen molar-refractivity contribution in [3.05, 3.63) is 58.5 Å². The van der Waals surface area contributed by atoms with Gasteiger partial charge in [0.15, 0.2) is 5.82 Å². The first-order valence-electron chi connectivity index (χ1n) is 6.24. The largest absolute Gasteiger partial charge is 0.237 e. The second-order valence-corrected chi connectivity index (χ2v) is 5.47. The van der Waals surface area contributed by atoms with Gasteiger partial charge in [0.1, 0.15) is 0 Å². The molecule has 0 radical (unpaired) electrons. The average Bonchev–Trinajstić information content (AvgIpc) is 2.97. The third-order valence-electron chi connectivity index (χ3n) is 3.16. The highest BCUT2D eigenvalue weighted by molar-refractivity contribution is 9.11. The maximum atomic E-state index is 8.97. The minimum Gasteiger partial charge on any atom is -0.237 e. The standard InChI is InChI=1S/C15H11BrN4/c16-13-3-1-12(2-4-13)14-6-8-19-20(14)15-9-11(10-17)5-7-18-15/h1,3,5-9H,2,4H2. The predicted molar refractivity (Wildman–Crippen MR) is 80.3 cm³/mol. The quantitative estimate of drug-likeness (QED) is 0.847. The van der Waals surface area contributed by atoms with Crippen LogP contribution in [-0.4, -0.2) is 14.8 Å². The maximum Gasteiger partial charge on any atom is 0.155 e. The minimum atomic E-state index is 0.580. The molecule has 0 bridgehead atoms. The van der Waals surface area contributed by atoms with E-state index in [-0.39, 0.29) is 0 Å².